The molecular formula is C19H34N2O6. The van der Waals surface area contributed by atoms with Crippen molar-refractivity contribution in [2.24, 2.45) is 5.92 Å². The van der Waals surface area contributed by atoms with E-state index < -0.39 is 30.3 Å². The van der Waals surface area contributed by atoms with E-state index in [0.717, 1.165) is 51.4 Å². The second kappa shape index (κ2) is 15.0. The highest BCUT2D eigenvalue weighted by Crippen LogP contribution is 2.09. The molecule has 2 amide bonds. The summed E-state index contributed by atoms with van der Waals surface area (Å²) in [6, 6.07) is -1.05. The predicted octanol–water partition coefficient (Wildman–Crippen LogP) is 2.31. The fourth-order valence-electron chi connectivity index (χ4n) is 2.52. The first kappa shape index (κ1) is 24.9. The first-order valence-electron chi connectivity index (χ1n) is 9.75. The summed E-state index contributed by atoms with van der Waals surface area (Å²) in [6.07, 6.45) is 7.45. The third-order valence-corrected chi connectivity index (χ3v) is 4.15. The van der Waals surface area contributed by atoms with Gasteiger partial charge in [0.1, 0.15) is 6.04 Å². The highest BCUT2D eigenvalue weighted by molar-refractivity contribution is 5.91. The number of carbonyl (C=O) groups is 4. The van der Waals surface area contributed by atoms with Crippen molar-refractivity contribution in [3.05, 3.63) is 0 Å². The van der Waals surface area contributed by atoms with Gasteiger partial charge in [0.05, 0.1) is 6.42 Å². The molecule has 4 N–H and O–H groups in total. The monoisotopic (exact) mass is 386 g/mol. The van der Waals surface area contributed by atoms with E-state index in [9.17, 15) is 19.2 Å². The van der Waals surface area contributed by atoms with Crippen LogP contribution in [-0.2, 0) is 19.2 Å². The van der Waals surface area contributed by atoms with Crippen molar-refractivity contribution < 1.29 is 29.4 Å². The second-order valence-electron chi connectivity index (χ2n) is 7.08. The summed E-state index contributed by atoms with van der Waals surface area (Å²) in [5.41, 5.74) is 0. The fourth-order valence-corrected chi connectivity index (χ4v) is 2.52. The van der Waals surface area contributed by atoms with Gasteiger partial charge in [-0.25, -0.2) is 0 Å². The van der Waals surface area contributed by atoms with Crippen LogP contribution in [0, 0.1) is 5.92 Å². The van der Waals surface area contributed by atoms with Crippen LogP contribution in [0.3, 0.4) is 0 Å². The van der Waals surface area contributed by atoms with Crippen LogP contribution in [0.2, 0.25) is 0 Å². The van der Waals surface area contributed by atoms with Crippen LogP contribution in [0.4, 0.5) is 0 Å². The number of carbonyl (C=O) groups excluding carboxylic acids is 2. The zero-order valence-electron chi connectivity index (χ0n) is 16.5. The summed E-state index contributed by atoms with van der Waals surface area (Å²) in [4.78, 5) is 45.1. The Morgan fingerprint density at radius 3 is 1.74 bits per heavy atom. The number of unbranched alkanes of at least 4 members (excludes halogenated alkanes) is 7. The number of nitrogens with one attached hydrogen (secondary N) is 2. The van der Waals surface area contributed by atoms with Crippen LogP contribution in [0.1, 0.15) is 78.1 Å². The topological polar surface area (TPSA) is 133 Å². The van der Waals surface area contributed by atoms with Gasteiger partial charge in [0.25, 0.3) is 0 Å². The maximum absolute atomic E-state index is 12.1. The van der Waals surface area contributed by atoms with E-state index in [0.29, 0.717) is 6.54 Å². The van der Waals surface area contributed by atoms with E-state index in [-0.39, 0.29) is 18.2 Å². The average molecular weight is 386 g/mol. The Kier molecular flexibility index (Phi) is 13.8. The zero-order valence-corrected chi connectivity index (χ0v) is 16.5. The van der Waals surface area contributed by atoms with Gasteiger partial charge in [0, 0.05) is 18.9 Å². The lowest BCUT2D eigenvalue weighted by Crippen LogP contribution is -2.49. The van der Waals surface area contributed by atoms with E-state index in [2.05, 4.69) is 10.6 Å². The molecular weight excluding hydrogens is 352 g/mol. The first-order valence-corrected chi connectivity index (χ1v) is 9.75. The summed E-state index contributed by atoms with van der Waals surface area (Å²) < 4.78 is 0. The van der Waals surface area contributed by atoms with Gasteiger partial charge in [-0.05, 0) is 12.8 Å². The molecule has 0 aliphatic heterocycles. The Balaban J connectivity index is 3.83. The SMILES string of the molecule is CC(C)C(=O)N[C@@H](CC(=O)O)C(=O)NCCCCCCCCCCC(=O)O. The Labute approximate surface area is 161 Å². The molecule has 0 unspecified atom stereocenters. The Morgan fingerprint density at radius 1 is 0.741 bits per heavy atom. The fraction of sp³-hybridized carbons (Fsp3) is 0.789. The summed E-state index contributed by atoms with van der Waals surface area (Å²) in [7, 11) is 0. The molecule has 0 spiro atoms. The molecule has 0 aromatic rings. The average Bonchev–Trinajstić information content (AvgIpc) is 2.57. The van der Waals surface area contributed by atoms with Gasteiger partial charge >= 0.3 is 11.9 Å². The molecule has 0 fully saturated rings. The maximum Gasteiger partial charge on any atom is 0.305 e. The number of aliphatic carboxylic acids is 2. The minimum absolute atomic E-state index is 0.236. The molecule has 0 saturated carbocycles. The van der Waals surface area contributed by atoms with Crippen molar-refractivity contribution in [3.63, 3.8) is 0 Å². The number of rotatable bonds is 16. The highest BCUT2D eigenvalue weighted by Gasteiger charge is 2.24. The van der Waals surface area contributed by atoms with Gasteiger partial charge in [-0.2, -0.15) is 0 Å². The molecule has 1 atom stereocenters. The van der Waals surface area contributed by atoms with E-state index in [1.165, 1.54) is 0 Å². The quantitative estimate of drug-likeness (QED) is 0.301. The van der Waals surface area contributed by atoms with Gasteiger partial charge < -0.3 is 20.8 Å². The third kappa shape index (κ3) is 14.7. The molecule has 0 aliphatic rings. The molecule has 8 nitrogen and oxygen atoms in total. The predicted molar refractivity (Wildman–Crippen MR) is 101 cm³/mol. The number of hydrogen-bond donors (Lipinski definition) is 4. The van der Waals surface area contributed by atoms with Crippen LogP contribution in [0.5, 0.6) is 0 Å². The molecule has 0 radical (unpaired) electrons. The Bertz CT molecular complexity index is 479. The molecule has 0 bridgehead atoms. The van der Waals surface area contributed by atoms with Crippen molar-refractivity contribution in [1.82, 2.24) is 10.6 Å². The minimum Gasteiger partial charge on any atom is -0.481 e. The van der Waals surface area contributed by atoms with Crippen molar-refractivity contribution >= 4 is 23.8 Å². The molecule has 0 rings (SSSR count). The van der Waals surface area contributed by atoms with E-state index in [1.54, 1.807) is 13.8 Å². The van der Waals surface area contributed by atoms with E-state index in [4.69, 9.17) is 10.2 Å². The third-order valence-electron chi connectivity index (χ3n) is 4.15. The standard InChI is InChI=1S/C19H34N2O6/c1-14(2)18(26)21-15(13-17(24)25)19(27)20-12-10-8-6-4-3-5-7-9-11-16(22)23/h14-15H,3-13H2,1-2H3,(H,20,27)(H,21,26)(H,22,23)(H,24,25)/t15-/m0/s1. The van der Waals surface area contributed by atoms with Crippen molar-refractivity contribution in [2.45, 2.75) is 84.1 Å². The van der Waals surface area contributed by atoms with Crippen LogP contribution in [0.15, 0.2) is 0 Å². The Morgan fingerprint density at radius 2 is 1.26 bits per heavy atom. The number of amides is 2. The molecule has 156 valence electrons. The number of carboxylic acids is 2. The molecule has 27 heavy (non-hydrogen) atoms. The van der Waals surface area contributed by atoms with Crippen LogP contribution in [-0.4, -0.2) is 46.6 Å². The van der Waals surface area contributed by atoms with Crippen LogP contribution >= 0.6 is 0 Å². The van der Waals surface area contributed by atoms with Gasteiger partial charge in [-0.1, -0.05) is 52.4 Å². The molecule has 0 aliphatic carbocycles. The molecule has 0 aromatic carbocycles. The molecule has 0 heterocycles. The largest absolute Gasteiger partial charge is 0.481 e. The lowest BCUT2D eigenvalue weighted by atomic mass is 10.1. The lowest BCUT2D eigenvalue weighted by molar-refractivity contribution is -0.141. The molecule has 8 heteroatoms. The summed E-state index contributed by atoms with van der Waals surface area (Å²) in [5, 5.41) is 22.6. The number of hydrogen-bond acceptors (Lipinski definition) is 4. The van der Waals surface area contributed by atoms with Gasteiger partial charge in [0.2, 0.25) is 11.8 Å². The van der Waals surface area contributed by atoms with Crippen molar-refractivity contribution in [3.8, 4) is 0 Å². The molecule has 0 aromatic heterocycles. The minimum atomic E-state index is -1.14. The van der Waals surface area contributed by atoms with Gasteiger partial charge in [-0.15, -0.1) is 0 Å². The van der Waals surface area contributed by atoms with E-state index >= 15 is 0 Å². The lowest BCUT2D eigenvalue weighted by Gasteiger charge is -2.18. The van der Waals surface area contributed by atoms with Crippen molar-refractivity contribution in [2.75, 3.05) is 6.54 Å². The summed E-state index contributed by atoms with van der Waals surface area (Å²) >= 11 is 0. The second-order valence-corrected chi connectivity index (χ2v) is 7.08. The zero-order chi connectivity index (χ0) is 20.7. The van der Waals surface area contributed by atoms with Crippen LogP contribution < -0.4 is 10.6 Å². The van der Waals surface area contributed by atoms with E-state index in [1.807, 2.05) is 0 Å². The number of carboxylic acid groups (broad SMARTS) is 2. The summed E-state index contributed by atoms with van der Waals surface area (Å²) in [6.45, 7) is 3.81. The maximum atomic E-state index is 12.1. The first-order chi connectivity index (χ1) is 12.7. The Hall–Kier alpha value is -2.12. The van der Waals surface area contributed by atoms with Crippen molar-refractivity contribution in [1.29, 1.82) is 0 Å². The smallest absolute Gasteiger partial charge is 0.305 e. The van der Waals surface area contributed by atoms with Crippen LogP contribution in [0.25, 0.3) is 0 Å². The summed E-state index contributed by atoms with van der Waals surface area (Å²) in [5.74, 6) is -3.02. The highest BCUT2D eigenvalue weighted by atomic mass is 16.4. The van der Waals surface area contributed by atoms with Gasteiger partial charge in [-0.3, -0.25) is 19.2 Å². The van der Waals surface area contributed by atoms with Gasteiger partial charge in [0.15, 0.2) is 0 Å². The molecule has 0 saturated heterocycles. The normalized spacial score (nSPS) is 11.8.